The molecule has 1 amide bonds. The number of rotatable bonds is 6. The maximum absolute atomic E-state index is 13.6. The molecule has 0 N–H and O–H groups in total. The highest BCUT2D eigenvalue weighted by Gasteiger charge is 2.66. The highest BCUT2D eigenvalue weighted by molar-refractivity contribution is 5.89. The van der Waals surface area contributed by atoms with Gasteiger partial charge in [-0.2, -0.15) is 4.98 Å². The second-order valence-corrected chi connectivity index (χ2v) is 14.5. The molecule has 2 aromatic heterocycles. The number of benzene rings is 2. The first-order chi connectivity index (χ1) is 24.8. The standard InChI is InChI=1S/C39H41N5O7/c1-5-47-38(46)43-19-16-39-26-14-15-28(33(39)49-30-21(2)12-13-25(29(30)39)20-27(26)43)48-36-32(50-35(45)24-10-7-6-8-11-24)23(4)22(3)31(51-36)34-41-37-40-17-9-18-44(37)42-34/h6-15,17-18,22-23,26-28,31-33,36H,5,16,19-20H2,1-4H3/t22-,23-,26?,27+,28?,31?,32?,33-,36+,39-/m0/s1. The topological polar surface area (TPSA) is 127 Å². The van der Waals surface area contributed by atoms with Crippen molar-refractivity contribution < 1.29 is 33.3 Å². The van der Waals surface area contributed by atoms with Crippen LogP contribution >= 0.6 is 0 Å². The fourth-order valence-electron chi connectivity index (χ4n) is 9.26. The van der Waals surface area contributed by atoms with Crippen LogP contribution < -0.4 is 4.74 Å². The van der Waals surface area contributed by atoms with E-state index < -0.39 is 42.1 Å². The van der Waals surface area contributed by atoms with Crippen LogP contribution in [0.2, 0.25) is 0 Å². The van der Waals surface area contributed by atoms with Crippen molar-refractivity contribution in [3.63, 3.8) is 0 Å². The molecule has 4 unspecified atom stereocenters. The zero-order valence-electron chi connectivity index (χ0n) is 29.0. The van der Waals surface area contributed by atoms with Crippen LogP contribution in [-0.2, 0) is 30.8 Å². The number of hydrogen-bond donors (Lipinski definition) is 0. The molecule has 51 heavy (non-hydrogen) atoms. The van der Waals surface area contributed by atoms with Crippen LogP contribution in [0.25, 0.3) is 5.78 Å². The van der Waals surface area contributed by atoms with Gasteiger partial charge in [0.25, 0.3) is 5.78 Å². The molecule has 0 saturated carbocycles. The van der Waals surface area contributed by atoms with Crippen LogP contribution in [0, 0.1) is 24.7 Å². The summed E-state index contributed by atoms with van der Waals surface area (Å²) >= 11 is 0. The third kappa shape index (κ3) is 4.90. The summed E-state index contributed by atoms with van der Waals surface area (Å²) in [7, 11) is 0. The number of esters is 1. The smallest absolute Gasteiger partial charge is 0.410 e. The van der Waals surface area contributed by atoms with Crippen molar-refractivity contribution in [2.75, 3.05) is 13.2 Å². The molecule has 10 atom stereocenters. The summed E-state index contributed by atoms with van der Waals surface area (Å²) in [5.74, 6) is 1.09. The predicted molar refractivity (Wildman–Crippen MR) is 183 cm³/mol. The van der Waals surface area contributed by atoms with Gasteiger partial charge in [0.05, 0.1) is 12.2 Å². The lowest BCUT2D eigenvalue weighted by atomic mass is 9.53. The lowest BCUT2D eigenvalue weighted by Gasteiger charge is -2.57. The molecule has 264 valence electrons. The number of hydrogen-bond acceptors (Lipinski definition) is 10. The van der Waals surface area contributed by atoms with E-state index in [9.17, 15) is 9.59 Å². The van der Waals surface area contributed by atoms with Crippen molar-refractivity contribution in [2.45, 2.75) is 82.7 Å². The fraction of sp³-hybridized carbons (Fsp3) is 0.462. The number of aryl methyl sites for hydroxylation is 1. The normalized spacial score (nSPS) is 33.0. The highest BCUT2D eigenvalue weighted by atomic mass is 16.7. The van der Waals surface area contributed by atoms with Crippen LogP contribution in [0.1, 0.15) is 66.2 Å². The number of nitrogens with zero attached hydrogens (tertiary/aromatic N) is 5. The zero-order chi connectivity index (χ0) is 35.0. The number of ether oxygens (including phenoxy) is 5. The Balaban J connectivity index is 1.09. The van der Waals surface area contributed by atoms with Gasteiger partial charge in [-0.05, 0) is 61.9 Å². The molecule has 0 radical (unpaired) electrons. The SMILES string of the molecule is CCOC(=O)N1CC[C@]23c4c5ccc(C)c4O[C@H]2C(O[C@@H]2OC(c4nc6ncccn6n4)[C@@H](C)[C@H](C)C2OC(=O)c2ccccc2)C=CC3[C@H]1C5. The molecule has 1 spiro atoms. The van der Waals surface area contributed by atoms with E-state index >= 15 is 0 Å². The Morgan fingerprint density at radius 3 is 2.71 bits per heavy atom. The van der Waals surface area contributed by atoms with E-state index in [0.717, 1.165) is 17.7 Å². The minimum atomic E-state index is -0.970. The number of piperidine rings is 1. The first-order valence-electron chi connectivity index (χ1n) is 17.9. The lowest BCUT2D eigenvalue weighted by Crippen LogP contribution is -2.67. The van der Waals surface area contributed by atoms with Gasteiger partial charge in [0.15, 0.2) is 18.2 Å². The van der Waals surface area contributed by atoms with Gasteiger partial charge in [0.2, 0.25) is 0 Å². The molecule has 2 aromatic carbocycles. The number of likely N-dealkylation sites (tertiary alicyclic amines) is 1. The molecule has 5 heterocycles. The number of carbonyl (C=O) groups is 2. The lowest BCUT2D eigenvalue weighted by molar-refractivity contribution is -0.290. The maximum Gasteiger partial charge on any atom is 0.410 e. The van der Waals surface area contributed by atoms with E-state index in [0.29, 0.717) is 36.7 Å². The minimum Gasteiger partial charge on any atom is -0.486 e. The van der Waals surface area contributed by atoms with E-state index in [2.05, 4.69) is 37.0 Å². The molecular formula is C39H41N5O7. The Kier molecular flexibility index (Phi) is 7.66. The number of aromatic nitrogens is 4. The summed E-state index contributed by atoms with van der Waals surface area (Å²) in [4.78, 5) is 37.7. The molecule has 2 saturated heterocycles. The van der Waals surface area contributed by atoms with Crippen molar-refractivity contribution >= 4 is 17.8 Å². The second-order valence-electron chi connectivity index (χ2n) is 14.5. The van der Waals surface area contributed by atoms with Gasteiger partial charge in [-0.25, -0.2) is 19.1 Å². The molecule has 3 aliphatic heterocycles. The van der Waals surface area contributed by atoms with Gasteiger partial charge in [-0.3, -0.25) is 0 Å². The Hall–Kier alpha value is -4.81. The summed E-state index contributed by atoms with van der Waals surface area (Å²) in [6.07, 6.45) is 5.65. The first kappa shape index (κ1) is 32.1. The number of carbonyl (C=O) groups excluding carboxylic acids is 2. The van der Waals surface area contributed by atoms with Crippen molar-refractivity contribution in [1.82, 2.24) is 24.5 Å². The molecule has 2 aliphatic carbocycles. The Labute approximate surface area is 295 Å². The first-order valence-corrected chi connectivity index (χ1v) is 17.9. The van der Waals surface area contributed by atoms with Crippen molar-refractivity contribution in [1.29, 1.82) is 0 Å². The average Bonchev–Trinajstić information content (AvgIpc) is 3.73. The van der Waals surface area contributed by atoms with Gasteiger partial charge in [0, 0.05) is 47.8 Å². The maximum atomic E-state index is 13.6. The van der Waals surface area contributed by atoms with Crippen LogP contribution in [0.3, 0.4) is 0 Å². The van der Waals surface area contributed by atoms with Crippen LogP contribution in [0.5, 0.6) is 5.75 Å². The Bertz CT molecular complexity index is 2000. The average molecular weight is 692 g/mol. The van der Waals surface area contributed by atoms with Gasteiger partial charge in [0.1, 0.15) is 24.1 Å². The fourth-order valence-corrected chi connectivity index (χ4v) is 9.26. The van der Waals surface area contributed by atoms with Gasteiger partial charge >= 0.3 is 12.1 Å². The molecule has 12 heteroatoms. The monoisotopic (exact) mass is 691 g/mol. The summed E-state index contributed by atoms with van der Waals surface area (Å²) < 4.78 is 34.2. The third-order valence-corrected chi connectivity index (χ3v) is 11.9. The van der Waals surface area contributed by atoms with E-state index in [-0.39, 0.29) is 29.9 Å². The summed E-state index contributed by atoms with van der Waals surface area (Å²) in [5.41, 5.74) is 3.52. The summed E-state index contributed by atoms with van der Waals surface area (Å²) in [5, 5.41) is 4.70. The predicted octanol–water partition coefficient (Wildman–Crippen LogP) is 5.39. The van der Waals surface area contributed by atoms with Gasteiger partial charge in [-0.15, -0.1) is 5.10 Å². The van der Waals surface area contributed by atoms with Crippen molar-refractivity contribution in [2.24, 2.45) is 17.8 Å². The Morgan fingerprint density at radius 2 is 1.90 bits per heavy atom. The van der Waals surface area contributed by atoms with Crippen molar-refractivity contribution in [3.8, 4) is 5.75 Å². The number of amides is 1. The van der Waals surface area contributed by atoms with E-state index in [1.807, 2.05) is 43.0 Å². The van der Waals surface area contributed by atoms with Crippen molar-refractivity contribution in [3.05, 3.63) is 101 Å². The Morgan fingerprint density at radius 1 is 1.06 bits per heavy atom. The van der Waals surface area contributed by atoms with Crippen LogP contribution in [0.15, 0.2) is 73.1 Å². The van der Waals surface area contributed by atoms with Gasteiger partial charge in [-0.1, -0.05) is 56.3 Å². The molecular weight excluding hydrogens is 650 g/mol. The van der Waals surface area contributed by atoms with Crippen LogP contribution in [-0.4, -0.2) is 80.3 Å². The molecule has 4 aromatic rings. The van der Waals surface area contributed by atoms with E-state index in [1.165, 1.54) is 11.1 Å². The molecule has 2 fully saturated rings. The summed E-state index contributed by atoms with van der Waals surface area (Å²) in [6.45, 7) is 8.89. The van der Waals surface area contributed by atoms with E-state index in [4.69, 9.17) is 33.8 Å². The van der Waals surface area contributed by atoms with E-state index in [1.54, 1.807) is 35.1 Å². The second kappa shape index (κ2) is 12.2. The van der Waals surface area contributed by atoms with Gasteiger partial charge < -0.3 is 28.6 Å². The highest BCUT2D eigenvalue weighted by Crippen LogP contribution is 2.62. The largest absolute Gasteiger partial charge is 0.486 e. The quantitative estimate of drug-likeness (QED) is 0.192. The summed E-state index contributed by atoms with van der Waals surface area (Å²) in [6, 6.07) is 15.0. The third-order valence-electron chi connectivity index (χ3n) is 11.9. The van der Waals surface area contributed by atoms with Crippen LogP contribution in [0.4, 0.5) is 4.79 Å². The minimum absolute atomic E-state index is 0.0106. The molecule has 5 aliphatic rings. The zero-order valence-corrected chi connectivity index (χ0v) is 29.0. The molecule has 12 nitrogen and oxygen atoms in total. The molecule has 2 bridgehead atoms. The number of fused-ring (bicyclic) bond motifs is 1. The molecule has 9 rings (SSSR count).